The van der Waals surface area contributed by atoms with E-state index in [1.54, 1.807) is 0 Å². The molecule has 0 aromatic rings. The minimum atomic E-state index is -1.36. The van der Waals surface area contributed by atoms with Crippen LogP contribution in [0.3, 0.4) is 0 Å². The standard InChI is InChI=1S/C15H16ClN3O8S/c1-6(20)27-4-7-5-28-14-10(13(23)19(14)11(7)15(24)25)17-12(22)9(18-26-2)8(21)3-16/h10,14H,3-5H2,1-2H3,(H,17,22)(H,24,25)/b18-9+/t10-,14-/m1/s1. The molecular weight excluding hydrogens is 418 g/mol. The number of hydrogen-bond acceptors (Lipinski definition) is 9. The van der Waals surface area contributed by atoms with E-state index in [9.17, 15) is 29.1 Å². The quantitative estimate of drug-likeness (QED) is 0.124. The summed E-state index contributed by atoms with van der Waals surface area (Å²) in [6.45, 7) is 0.924. The molecule has 0 aliphatic carbocycles. The van der Waals surface area contributed by atoms with Gasteiger partial charge >= 0.3 is 11.9 Å². The fourth-order valence-corrected chi connectivity index (χ4v) is 4.02. The lowest BCUT2D eigenvalue weighted by Crippen LogP contribution is -2.71. The maximum atomic E-state index is 12.5. The van der Waals surface area contributed by atoms with E-state index in [2.05, 4.69) is 15.3 Å². The number of halogens is 1. The van der Waals surface area contributed by atoms with Gasteiger partial charge in [0.25, 0.3) is 11.8 Å². The average Bonchev–Trinajstić information content (AvgIpc) is 2.66. The molecule has 2 atom stereocenters. The van der Waals surface area contributed by atoms with Crippen molar-refractivity contribution in [2.45, 2.75) is 18.3 Å². The molecular formula is C15H16ClN3O8S. The number of nitrogens with zero attached hydrogens (tertiary/aromatic N) is 2. The zero-order valence-electron chi connectivity index (χ0n) is 14.8. The molecule has 2 aliphatic heterocycles. The first kappa shape index (κ1) is 21.7. The summed E-state index contributed by atoms with van der Waals surface area (Å²) in [4.78, 5) is 64.4. The average molecular weight is 434 g/mol. The molecule has 13 heteroatoms. The van der Waals surface area contributed by atoms with Crippen molar-refractivity contribution >= 4 is 58.6 Å². The molecule has 2 amide bonds. The van der Waals surface area contributed by atoms with Gasteiger partial charge in [-0.3, -0.25) is 24.1 Å². The number of hydrogen-bond donors (Lipinski definition) is 2. The monoisotopic (exact) mass is 433 g/mol. The molecule has 0 unspecified atom stereocenters. The molecule has 0 spiro atoms. The van der Waals surface area contributed by atoms with Crippen LogP contribution in [0, 0.1) is 0 Å². The summed E-state index contributed by atoms with van der Waals surface area (Å²) in [5, 5.41) is 14.4. The first-order chi connectivity index (χ1) is 13.2. The summed E-state index contributed by atoms with van der Waals surface area (Å²) in [7, 11) is 1.14. The number of β-lactam (4-membered cyclic amide) rings is 1. The molecule has 0 bridgehead atoms. The molecule has 0 aromatic carbocycles. The summed E-state index contributed by atoms with van der Waals surface area (Å²) in [6, 6.07) is -1.06. The lowest BCUT2D eigenvalue weighted by molar-refractivity contribution is -0.150. The van der Waals surface area contributed by atoms with Crippen molar-refractivity contribution in [3.63, 3.8) is 0 Å². The second kappa shape index (κ2) is 9.06. The van der Waals surface area contributed by atoms with Gasteiger partial charge in [-0.1, -0.05) is 5.16 Å². The van der Waals surface area contributed by atoms with Gasteiger partial charge in [-0.05, 0) is 0 Å². The number of aliphatic carboxylic acids is 1. The topological polar surface area (TPSA) is 152 Å². The predicted molar refractivity (Wildman–Crippen MR) is 96.5 cm³/mol. The van der Waals surface area contributed by atoms with Crippen LogP contribution in [0.5, 0.6) is 0 Å². The van der Waals surface area contributed by atoms with Crippen LogP contribution < -0.4 is 5.32 Å². The Labute approximate surface area is 168 Å². The van der Waals surface area contributed by atoms with Gasteiger partial charge in [-0.2, -0.15) is 0 Å². The number of ketones is 1. The van der Waals surface area contributed by atoms with Crippen LogP contribution in [0.1, 0.15) is 6.92 Å². The number of thioether (sulfide) groups is 1. The number of nitrogens with one attached hydrogen (secondary N) is 1. The zero-order chi connectivity index (χ0) is 21.0. The first-order valence-corrected chi connectivity index (χ1v) is 9.35. The Morgan fingerprint density at radius 2 is 2.07 bits per heavy atom. The summed E-state index contributed by atoms with van der Waals surface area (Å²) in [5.74, 6) is -4.71. The van der Waals surface area contributed by atoms with E-state index in [0.29, 0.717) is 0 Å². The Kier molecular flexibility index (Phi) is 7.02. The largest absolute Gasteiger partial charge is 0.477 e. The Bertz CT molecular complexity index is 796. The second-order valence-electron chi connectivity index (χ2n) is 5.58. The number of oxime groups is 1. The third kappa shape index (κ3) is 4.28. The minimum absolute atomic E-state index is 0.176. The van der Waals surface area contributed by atoms with E-state index in [1.807, 2.05) is 0 Å². The molecule has 0 aromatic heterocycles. The van der Waals surface area contributed by atoms with E-state index in [1.165, 1.54) is 18.7 Å². The van der Waals surface area contributed by atoms with Crippen molar-refractivity contribution in [1.29, 1.82) is 0 Å². The molecule has 2 rings (SSSR count). The van der Waals surface area contributed by atoms with E-state index in [0.717, 1.165) is 12.0 Å². The molecule has 2 aliphatic rings. The SMILES string of the molecule is CO/N=C(\C(=O)CCl)C(=O)N[C@@H]1C(=O)N2C(C(=O)O)=C(COC(C)=O)CS[C@H]12. The highest BCUT2D eigenvalue weighted by Crippen LogP contribution is 2.40. The van der Waals surface area contributed by atoms with Gasteiger partial charge in [0.2, 0.25) is 11.5 Å². The molecule has 0 radical (unpaired) electrons. The lowest BCUT2D eigenvalue weighted by atomic mass is 10.0. The number of Topliss-reactive ketones (excluding diaryl/α,β-unsaturated/α-hetero) is 1. The number of rotatable bonds is 8. The number of ether oxygens (including phenoxy) is 1. The van der Waals surface area contributed by atoms with Crippen LogP contribution in [0.2, 0.25) is 0 Å². The van der Waals surface area contributed by atoms with Gasteiger partial charge in [0, 0.05) is 18.2 Å². The highest BCUT2D eigenvalue weighted by molar-refractivity contribution is 8.00. The van der Waals surface area contributed by atoms with Crippen LogP contribution in [0.25, 0.3) is 0 Å². The van der Waals surface area contributed by atoms with Crippen LogP contribution >= 0.6 is 23.4 Å². The van der Waals surface area contributed by atoms with Gasteiger partial charge < -0.3 is 20.0 Å². The van der Waals surface area contributed by atoms with Gasteiger partial charge in [0.15, 0.2) is 0 Å². The van der Waals surface area contributed by atoms with Crippen LogP contribution in [0.15, 0.2) is 16.4 Å². The molecule has 2 N–H and O–H groups in total. The third-order valence-electron chi connectivity index (χ3n) is 3.77. The van der Waals surface area contributed by atoms with Crippen LogP contribution in [-0.4, -0.2) is 82.0 Å². The second-order valence-corrected chi connectivity index (χ2v) is 6.95. The first-order valence-electron chi connectivity index (χ1n) is 7.77. The molecule has 0 saturated carbocycles. The summed E-state index contributed by atoms with van der Waals surface area (Å²) in [6.07, 6.45) is 0. The summed E-state index contributed by atoms with van der Waals surface area (Å²) < 4.78 is 4.83. The summed E-state index contributed by atoms with van der Waals surface area (Å²) in [5.41, 5.74) is -0.627. The van der Waals surface area contributed by atoms with Gasteiger partial charge in [-0.15, -0.1) is 23.4 Å². The molecule has 2 heterocycles. The molecule has 1 fully saturated rings. The Balaban J connectivity index is 2.18. The van der Waals surface area contributed by atoms with Crippen LogP contribution in [0.4, 0.5) is 0 Å². The molecule has 11 nitrogen and oxygen atoms in total. The number of carboxylic acids is 1. The Morgan fingerprint density at radius 1 is 1.39 bits per heavy atom. The molecule has 152 valence electrons. The van der Waals surface area contributed by atoms with Gasteiger partial charge in [0.1, 0.15) is 30.8 Å². The van der Waals surface area contributed by atoms with Crippen molar-refractivity contribution in [2.75, 3.05) is 25.3 Å². The van der Waals surface area contributed by atoms with Crippen molar-refractivity contribution in [3.8, 4) is 0 Å². The van der Waals surface area contributed by atoms with Gasteiger partial charge in [0.05, 0.1) is 5.88 Å². The summed E-state index contributed by atoms with van der Waals surface area (Å²) >= 11 is 6.60. The third-order valence-corrected chi connectivity index (χ3v) is 5.35. The molecule has 1 saturated heterocycles. The number of carbonyl (C=O) groups excluding carboxylic acids is 4. The minimum Gasteiger partial charge on any atom is -0.477 e. The van der Waals surface area contributed by atoms with Gasteiger partial charge in [-0.25, -0.2) is 4.79 Å². The van der Waals surface area contributed by atoms with E-state index >= 15 is 0 Å². The smallest absolute Gasteiger partial charge is 0.352 e. The van der Waals surface area contributed by atoms with E-state index < -0.39 is 52.5 Å². The van der Waals surface area contributed by atoms with Crippen molar-refractivity contribution in [2.24, 2.45) is 5.16 Å². The van der Waals surface area contributed by atoms with Crippen LogP contribution in [-0.2, 0) is 33.5 Å². The zero-order valence-corrected chi connectivity index (χ0v) is 16.3. The van der Waals surface area contributed by atoms with E-state index in [-0.39, 0.29) is 23.6 Å². The number of carbonyl (C=O) groups is 5. The maximum absolute atomic E-state index is 12.5. The highest BCUT2D eigenvalue weighted by atomic mass is 35.5. The Morgan fingerprint density at radius 3 is 2.61 bits per heavy atom. The molecule has 28 heavy (non-hydrogen) atoms. The number of amides is 2. The Hall–Kier alpha value is -2.60. The number of fused-ring (bicyclic) bond motifs is 1. The maximum Gasteiger partial charge on any atom is 0.352 e. The fourth-order valence-electron chi connectivity index (χ4n) is 2.57. The van der Waals surface area contributed by atoms with Crippen molar-refractivity contribution in [1.82, 2.24) is 10.2 Å². The predicted octanol–water partition coefficient (Wildman–Crippen LogP) is -0.902. The normalized spacial score (nSPS) is 21.5. The van der Waals surface area contributed by atoms with Crippen molar-refractivity contribution in [3.05, 3.63) is 11.3 Å². The number of carboxylic acid groups (broad SMARTS) is 1. The number of alkyl halides is 1. The number of esters is 1. The lowest BCUT2D eigenvalue weighted by Gasteiger charge is -2.49. The highest BCUT2D eigenvalue weighted by Gasteiger charge is 2.54. The van der Waals surface area contributed by atoms with E-state index in [4.69, 9.17) is 16.3 Å². The fraction of sp³-hybridized carbons (Fsp3) is 0.467. The van der Waals surface area contributed by atoms with Crippen molar-refractivity contribution < 1.29 is 38.7 Å².